The van der Waals surface area contributed by atoms with E-state index < -0.39 is 0 Å². The number of nitrogens with two attached hydrogens (primary N) is 1. The van der Waals surface area contributed by atoms with Crippen molar-refractivity contribution in [3.8, 4) is 12.1 Å². The van der Waals surface area contributed by atoms with Gasteiger partial charge in [0.1, 0.15) is 23.0 Å². The van der Waals surface area contributed by atoms with E-state index in [0.717, 1.165) is 16.2 Å². The molecule has 0 aliphatic heterocycles. The van der Waals surface area contributed by atoms with Crippen molar-refractivity contribution >= 4 is 45.1 Å². The molecule has 8 heteroatoms. The number of nitrogen functional groups attached to an aromatic ring is 1. The number of aromatic nitrogens is 1. The van der Waals surface area contributed by atoms with Crippen LogP contribution in [0.15, 0.2) is 39.8 Å². The third-order valence-electron chi connectivity index (χ3n) is 2.75. The summed E-state index contributed by atoms with van der Waals surface area (Å²) < 4.78 is 0.775. The van der Waals surface area contributed by atoms with E-state index in [1.54, 1.807) is 6.07 Å². The minimum Gasteiger partial charge on any atom is -0.383 e. The van der Waals surface area contributed by atoms with Gasteiger partial charge in [0.25, 0.3) is 0 Å². The Morgan fingerprint density at radius 2 is 2.00 bits per heavy atom. The van der Waals surface area contributed by atoms with Crippen molar-refractivity contribution in [2.24, 2.45) is 0 Å². The predicted octanol–water partition coefficient (Wildman–Crippen LogP) is 2.90. The summed E-state index contributed by atoms with van der Waals surface area (Å²) in [6.45, 7) is 0. The highest BCUT2D eigenvalue weighted by molar-refractivity contribution is 9.10. The molecule has 23 heavy (non-hydrogen) atoms. The van der Waals surface area contributed by atoms with Gasteiger partial charge in [0.15, 0.2) is 0 Å². The second-order valence-electron chi connectivity index (χ2n) is 4.31. The highest BCUT2D eigenvalue weighted by Gasteiger charge is 2.13. The van der Waals surface area contributed by atoms with Crippen LogP contribution in [0.4, 0.5) is 11.5 Å². The fourth-order valence-electron chi connectivity index (χ4n) is 1.67. The standard InChI is InChI=1S/C15H10BrN5OS/c16-11-3-1-2-4-12(11)20-13(22)8-23-15-10(7-18)5-9(6-17)14(19)21-15/h1-5H,8H2,(H2,19,21)(H,20,22). The first-order valence-corrected chi connectivity index (χ1v) is 8.11. The van der Waals surface area contributed by atoms with Crippen LogP contribution in [0.5, 0.6) is 0 Å². The maximum Gasteiger partial charge on any atom is 0.234 e. The van der Waals surface area contributed by atoms with Crippen LogP contribution in [-0.2, 0) is 4.79 Å². The van der Waals surface area contributed by atoms with E-state index in [1.807, 2.05) is 30.3 Å². The number of para-hydroxylation sites is 1. The maximum absolute atomic E-state index is 12.0. The highest BCUT2D eigenvalue weighted by Crippen LogP contribution is 2.25. The molecular weight excluding hydrogens is 378 g/mol. The summed E-state index contributed by atoms with van der Waals surface area (Å²) in [7, 11) is 0. The first kappa shape index (κ1) is 16.8. The molecule has 6 nitrogen and oxygen atoms in total. The molecule has 2 rings (SSSR count). The molecule has 1 aromatic carbocycles. The number of nitrogens with one attached hydrogen (secondary N) is 1. The van der Waals surface area contributed by atoms with Crippen molar-refractivity contribution < 1.29 is 4.79 Å². The number of hydrogen-bond acceptors (Lipinski definition) is 6. The van der Waals surface area contributed by atoms with Crippen LogP contribution in [-0.4, -0.2) is 16.6 Å². The van der Waals surface area contributed by atoms with Gasteiger partial charge in [-0.2, -0.15) is 10.5 Å². The number of anilines is 2. The molecule has 3 N–H and O–H groups in total. The molecule has 0 saturated heterocycles. The summed E-state index contributed by atoms with van der Waals surface area (Å²) in [5, 5.41) is 21.1. The Balaban J connectivity index is 2.08. The molecule has 1 amide bonds. The molecule has 114 valence electrons. The molecule has 2 aromatic rings. The Hall–Kier alpha value is -2.55. The molecule has 0 spiro atoms. The van der Waals surface area contributed by atoms with Crippen molar-refractivity contribution in [2.45, 2.75) is 5.03 Å². The van der Waals surface area contributed by atoms with Gasteiger partial charge in [-0.15, -0.1) is 0 Å². The molecule has 0 fully saturated rings. The number of carbonyl (C=O) groups is 1. The van der Waals surface area contributed by atoms with E-state index in [0.29, 0.717) is 10.7 Å². The zero-order chi connectivity index (χ0) is 16.8. The summed E-state index contributed by atoms with van der Waals surface area (Å²) in [5.74, 6) is -0.135. The Morgan fingerprint density at radius 3 is 2.65 bits per heavy atom. The minimum atomic E-state index is -0.240. The zero-order valence-corrected chi connectivity index (χ0v) is 14.1. The number of halogens is 1. The van der Waals surface area contributed by atoms with Gasteiger partial charge >= 0.3 is 0 Å². The number of nitriles is 2. The monoisotopic (exact) mass is 387 g/mol. The second kappa shape index (κ2) is 7.63. The van der Waals surface area contributed by atoms with Crippen LogP contribution in [0.2, 0.25) is 0 Å². The van der Waals surface area contributed by atoms with Crippen molar-refractivity contribution in [2.75, 3.05) is 16.8 Å². The van der Waals surface area contributed by atoms with E-state index in [9.17, 15) is 4.79 Å². The van der Waals surface area contributed by atoms with Gasteiger partial charge in [0.2, 0.25) is 5.91 Å². The lowest BCUT2D eigenvalue weighted by Gasteiger charge is -2.08. The molecule has 0 aliphatic rings. The van der Waals surface area contributed by atoms with Crippen molar-refractivity contribution in [3.63, 3.8) is 0 Å². The Bertz CT molecular complexity index is 841. The first-order valence-electron chi connectivity index (χ1n) is 6.33. The Kier molecular flexibility index (Phi) is 5.58. The molecule has 0 aliphatic carbocycles. The number of amides is 1. The summed E-state index contributed by atoms with van der Waals surface area (Å²) in [5.41, 5.74) is 6.66. The molecule has 1 aromatic heterocycles. The lowest BCUT2D eigenvalue weighted by Crippen LogP contribution is -2.14. The molecule has 1 heterocycles. The number of carbonyl (C=O) groups excluding carboxylic acids is 1. The zero-order valence-electron chi connectivity index (χ0n) is 11.7. The van der Waals surface area contributed by atoms with Crippen LogP contribution in [0, 0.1) is 22.7 Å². The van der Waals surface area contributed by atoms with Crippen LogP contribution in [0.1, 0.15) is 11.1 Å². The average molecular weight is 388 g/mol. The lowest BCUT2D eigenvalue weighted by molar-refractivity contribution is -0.113. The van der Waals surface area contributed by atoms with Crippen molar-refractivity contribution in [1.29, 1.82) is 10.5 Å². The van der Waals surface area contributed by atoms with Gasteiger partial charge < -0.3 is 11.1 Å². The lowest BCUT2D eigenvalue weighted by atomic mass is 10.2. The van der Waals surface area contributed by atoms with Gasteiger partial charge in [-0.05, 0) is 34.1 Å². The summed E-state index contributed by atoms with van der Waals surface area (Å²) in [6, 6.07) is 12.4. The number of benzene rings is 1. The summed E-state index contributed by atoms with van der Waals surface area (Å²) in [4.78, 5) is 16.0. The number of nitrogens with zero attached hydrogens (tertiary/aromatic N) is 3. The fraction of sp³-hybridized carbons (Fsp3) is 0.0667. The molecule has 0 unspecified atom stereocenters. The van der Waals surface area contributed by atoms with Crippen LogP contribution >= 0.6 is 27.7 Å². The van der Waals surface area contributed by atoms with Gasteiger partial charge in [-0.25, -0.2) is 4.98 Å². The van der Waals surface area contributed by atoms with Crippen molar-refractivity contribution in [1.82, 2.24) is 4.98 Å². The van der Waals surface area contributed by atoms with Crippen LogP contribution in [0.3, 0.4) is 0 Å². The SMILES string of the molecule is N#Cc1cc(C#N)c(SCC(=O)Nc2ccccc2Br)nc1N. The predicted molar refractivity (Wildman–Crippen MR) is 91.6 cm³/mol. The van der Waals surface area contributed by atoms with Gasteiger partial charge in [0.05, 0.1) is 22.6 Å². The van der Waals surface area contributed by atoms with Gasteiger partial charge in [0, 0.05) is 4.47 Å². The quantitative estimate of drug-likeness (QED) is 0.779. The first-order chi connectivity index (χ1) is 11.0. The van der Waals surface area contributed by atoms with E-state index in [2.05, 4.69) is 26.2 Å². The number of thioether (sulfide) groups is 1. The van der Waals surface area contributed by atoms with E-state index in [-0.39, 0.29) is 28.6 Å². The second-order valence-corrected chi connectivity index (χ2v) is 6.13. The molecular formula is C15H10BrN5OS. The average Bonchev–Trinajstić information content (AvgIpc) is 2.55. The largest absolute Gasteiger partial charge is 0.383 e. The van der Waals surface area contributed by atoms with E-state index in [4.69, 9.17) is 16.3 Å². The van der Waals surface area contributed by atoms with Crippen LogP contribution in [0.25, 0.3) is 0 Å². The fourth-order valence-corrected chi connectivity index (χ4v) is 2.82. The van der Waals surface area contributed by atoms with Gasteiger partial charge in [-0.3, -0.25) is 4.79 Å². The number of rotatable bonds is 4. The molecule has 0 atom stereocenters. The Labute approximate surface area is 145 Å². The highest BCUT2D eigenvalue weighted by atomic mass is 79.9. The van der Waals surface area contributed by atoms with Crippen molar-refractivity contribution in [3.05, 3.63) is 45.9 Å². The number of hydrogen-bond donors (Lipinski definition) is 2. The smallest absolute Gasteiger partial charge is 0.234 e. The third-order valence-corrected chi connectivity index (χ3v) is 4.43. The van der Waals surface area contributed by atoms with Crippen LogP contribution < -0.4 is 11.1 Å². The Morgan fingerprint density at radius 1 is 1.30 bits per heavy atom. The molecule has 0 bridgehead atoms. The minimum absolute atomic E-state index is 0.0419. The summed E-state index contributed by atoms with van der Waals surface area (Å²) in [6.07, 6.45) is 0. The summed E-state index contributed by atoms with van der Waals surface area (Å²) >= 11 is 4.43. The normalized spacial score (nSPS) is 9.70. The van der Waals surface area contributed by atoms with Gasteiger partial charge in [-0.1, -0.05) is 23.9 Å². The third kappa shape index (κ3) is 4.22. The van der Waals surface area contributed by atoms with E-state index in [1.165, 1.54) is 6.07 Å². The maximum atomic E-state index is 12.0. The molecule has 0 saturated carbocycles. The topological polar surface area (TPSA) is 116 Å². The van der Waals surface area contributed by atoms with E-state index >= 15 is 0 Å². The molecule has 0 radical (unpaired) electrons. The number of pyridine rings is 1.